The number of hydrogen-bond acceptors (Lipinski definition) is 5. The molecule has 0 aromatic heterocycles. The Labute approximate surface area is 147 Å². The summed E-state index contributed by atoms with van der Waals surface area (Å²) in [6.07, 6.45) is 0.447. The second kappa shape index (κ2) is 11.4. The molecular formula is C15H30INO5. The minimum absolute atomic E-state index is 0.397. The summed E-state index contributed by atoms with van der Waals surface area (Å²) in [4.78, 5) is 11.7. The van der Waals surface area contributed by atoms with Crippen LogP contribution < -0.4 is 5.32 Å². The molecule has 1 N–H and O–H groups in total. The van der Waals surface area contributed by atoms with Crippen molar-refractivity contribution in [2.24, 2.45) is 0 Å². The lowest BCUT2D eigenvalue weighted by molar-refractivity contribution is -0.0425. The molecule has 7 heteroatoms. The number of amides is 1. The molecule has 0 saturated carbocycles. The maximum absolute atomic E-state index is 11.7. The highest BCUT2D eigenvalue weighted by Crippen LogP contribution is 2.14. The number of nitrogens with one attached hydrogen (secondary N) is 1. The normalized spacial score (nSPS) is 14.5. The van der Waals surface area contributed by atoms with Crippen LogP contribution in [0.1, 0.15) is 34.1 Å². The first-order chi connectivity index (χ1) is 10.2. The molecule has 0 fully saturated rings. The van der Waals surface area contributed by atoms with Crippen LogP contribution in [0.5, 0.6) is 0 Å². The van der Waals surface area contributed by atoms with E-state index in [0.29, 0.717) is 33.0 Å². The average molecular weight is 431 g/mol. The number of rotatable bonds is 11. The molecule has 0 bridgehead atoms. The van der Waals surface area contributed by atoms with Gasteiger partial charge in [0.2, 0.25) is 0 Å². The zero-order chi connectivity index (χ0) is 17.1. The molecule has 0 aliphatic rings. The summed E-state index contributed by atoms with van der Waals surface area (Å²) >= 11 is 2.25. The first-order valence-corrected chi connectivity index (χ1v) is 8.98. The number of halogens is 1. The van der Waals surface area contributed by atoms with Crippen LogP contribution in [-0.2, 0) is 18.9 Å². The van der Waals surface area contributed by atoms with Crippen molar-refractivity contribution in [2.75, 3.05) is 44.5 Å². The Hall–Kier alpha value is -0.120. The Balaban J connectivity index is 3.91. The van der Waals surface area contributed by atoms with Gasteiger partial charge in [0, 0.05) is 24.8 Å². The van der Waals surface area contributed by atoms with Gasteiger partial charge in [-0.15, -0.1) is 0 Å². The van der Waals surface area contributed by atoms with E-state index in [2.05, 4.69) is 27.9 Å². The van der Waals surface area contributed by atoms with Crippen LogP contribution in [-0.4, -0.2) is 61.8 Å². The van der Waals surface area contributed by atoms with Crippen LogP contribution in [0.4, 0.5) is 4.79 Å². The molecule has 132 valence electrons. The second-order valence-corrected chi connectivity index (χ2v) is 7.01. The van der Waals surface area contributed by atoms with Crippen LogP contribution in [0.25, 0.3) is 0 Å². The molecule has 0 aliphatic carbocycles. The Morgan fingerprint density at radius 3 is 2.32 bits per heavy atom. The quantitative estimate of drug-likeness (QED) is 0.310. The Morgan fingerprint density at radius 2 is 1.77 bits per heavy atom. The highest BCUT2D eigenvalue weighted by molar-refractivity contribution is 14.1. The lowest BCUT2D eigenvalue weighted by Gasteiger charge is -2.29. The zero-order valence-corrected chi connectivity index (χ0v) is 16.5. The van der Waals surface area contributed by atoms with E-state index >= 15 is 0 Å². The third kappa shape index (κ3) is 12.4. The van der Waals surface area contributed by atoms with Crippen molar-refractivity contribution in [1.82, 2.24) is 5.32 Å². The Bertz CT molecular complexity index is 309. The highest BCUT2D eigenvalue weighted by Gasteiger charge is 2.26. The van der Waals surface area contributed by atoms with Crippen molar-refractivity contribution in [3.8, 4) is 0 Å². The highest BCUT2D eigenvalue weighted by atomic mass is 127. The predicted octanol–water partition coefficient (Wildman–Crippen LogP) is 2.77. The minimum atomic E-state index is -0.498. The second-order valence-electron chi connectivity index (χ2n) is 6.25. The number of carbonyl (C=O) groups excluding carboxylic acids is 1. The maximum Gasteiger partial charge on any atom is 0.407 e. The molecule has 1 amide bonds. The van der Waals surface area contributed by atoms with Gasteiger partial charge < -0.3 is 24.3 Å². The van der Waals surface area contributed by atoms with E-state index < -0.39 is 17.3 Å². The summed E-state index contributed by atoms with van der Waals surface area (Å²) in [6, 6.07) is 0. The van der Waals surface area contributed by atoms with Gasteiger partial charge in [-0.1, -0.05) is 22.6 Å². The first-order valence-electron chi connectivity index (χ1n) is 7.46. The molecule has 0 aromatic carbocycles. The van der Waals surface area contributed by atoms with Gasteiger partial charge in [-0.25, -0.2) is 4.79 Å². The lowest BCUT2D eigenvalue weighted by Crippen LogP contribution is -2.46. The molecule has 0 aliphatic heterocycles. The summed E-state index contributed by atoms with van der Waals surface area (Å²) in [6.45, 7) is 10.2. The van der Waals surface area contributed by atoms with Gasteiger partial charge in [-0.05, 0) is 34.1 Å². The van der Waals surface area contributed by atoms with E-state index in [0.717, 1.165) is 10.8 Å². The van der Waals surface area contributed by atoms with E-state index in [-0.39, 0.29) is 0 Å². The molecule has 0 saturated heterocycles. The summed E-state index contributed by atoms with van der Waals surface area (Å²) in [7, 11) is 1.67. The van der Waals surface area contributed by atoms with Gasteiger partial charge in [0.1, 0.15) is 5.60 Å². The lowest BCUT2D eigenvalue weighted by atomic mass is 10.1. The van der Waals surface area contributed by atoms with E-state index in [1.807, 2.05) is 27.7 Å². The minimum Gasteiger partial charge on any atom is -0.444 e. The molecule has 22 heavy (non-hydrogen) atoms. The Kier molecular flexibility index (Phi) is 11.4. The number of carbonyl (C=O) groups is 1. The summed E-state index contributed by atoms with van der Waals surface area (Å²) in [5.74, 6) is 0. The standard InChI is InChI=1S/C15H30INO5/c1-14(2,3)22-13(18)17-12-15(4,11-16)21-10-9-20-8-6-7-19-5/h6-12H2,1-5H3,(H,17,18). The van der Waals surface area contributed by atoms with Gasteiger partial charge in [0.05, 0.1) is 25.4 Å². The van der Waals surface area contributed by atoms with Gasteiger partial charge >= 0.3 is 6.09 Å². The third-order valence-corrected chi connectivity index (χ3v) is 4.22. The number of alkyl carbamates (subject to hydrolysis) is 1. The van der Waals surface area contributed by atoms with Crippen LogP contribution in [0, 0.1) is 0 Å². The van der Waals surface area contributed by atoms with E-state index in [4.69, 9.17) is 18.9 Å². The summed E-state index contributed by atoms with van der Waals surface area (Å²) in [5.41, 5.74) is -0.935. The SMILES string of the molecule is COCCCOCCOC(C)(CI)CNC(=O)OC(C)(C)C. The number of alkyl halides is 1. The fraction of sp³-hybridized carbons (Fsp3) is 0.933. The first kappa shape index (κ1) is 21.9. The average Bonchev–Trinajstić information content (AvgIpc) is 2.42. The monoisotopic (exact) mass is 431 g/mol. The van der Waals surface area contributed by atoms with Crippen molar-refractivity contribution in [2.45, 2.75) is 45.3 Å². The van der Waals surface area contributed by atoms with Crippen LogP contribution in [0.15, 0.2) is 0 Å². The number of ether oxygens (including phenoxy) is 4. The third-order valence-electron chi connectivity index (χ3n) is 2.60. The topological polar surface area (TPSA) is 66.0 Å². The van der Waals surface area contributed by atoms with Crippen LogP contribution in [0.3, 0.4) is 0 Å². The summed E-state index contributed by atoms with van der Waals surface area (Å²) < 4.78 is 22.2. The van der Waals surface area contributed by atoms with Gasteiger partial charge in [-0.3, -0.25) is 0 Å². The van der Waals surface area contributed by atoms with Crippen molar-refractivity contribution in [3.63, 3.8) is 0 Å². The molecule has 6 nitrogen and oxygen atoms in total. The van der Waals surface area contributed by atoms with Crippen molar-refractivity contribution < 1.29 is 23.7 Å². The number of hydrogen-bond donors (Lipinski definition) is 1. The van der Waals surface area contributed by atoms with Crippen molar-refractivity contribution in [1.29, 1.82) is 0 Å². The molecule has 0 aromatic rings. The maximum atomic E-state index is 11.7. The fourth-order valence-electron chi connectivity index (χ4n) is 1.46. The molecule has 0 heterocycles. The Morgan fingerprint density at radius 1 is 1.09 bits per heavy atom. The molecule has 1 unspecified atom stereocenters. The zero-order valence-electron chi connectivity index (χ0n) is 14.4. The predicted molar refractivity (Wildman–Crippen MR) is 94.8 cm³/mol. The van der Waals surface area contributed by atoms with E-state index in [1.165, 1.54) is 0 Å². The molecular weight excluding hydrogens is 401 g/mol. The van der Waals surface area contributed by atoms with Gasteiger partial charge in [-0.2, -0.15) is 0 Å². The van der Waals surface area contributed by atoms with Crippen LogP contribution >= 0.6 is 22.6 Å². The fourth-order valence-corrected chi connectivity index (χ4v) is 1.95. The molecule has 0 rings (SSSR count). The largest absolute Gasteiger partial charge is 0.444 e. The summed E-state index contributed by atoms with van der Waals surface area (Å²) in [5, 5.41) is 2.75. The smallest absolute Gasteiger partial charge is 0.407 e. The van der Waals surface area contributed by atoms with Crippen molar-refractivity contribution >= 4 is 28.7 Å². The number of methoxy groups -OCH3 is 1. The molecule has 1 atom stereocenters. The molecule has 0 spiro atoms. The van der Waals surface area contributed by atoms with Gasteiger partial charge in [0.25, 0.3) is 0 Å². The molecule has 0 radical (unpaired) electrons. The van der Waals surface area contributed by atoms with Crippen molar-refractivity contribution in [3.05, 3.63) is 0 Å². The van der Waals surface area contributed by atoms with Crippen LogP contribution in [0.2, 0.25) is 0 Å². The van der Waals surface area contributed by atoms with Gasteiger partial charge in [0.15, 0.2) is 0 Å². The van der Waals surface area contributed by atoms with E-state index in [1.54, 1.807) is 7.11 Å². The van der Waals surface area contributed by atoms with E-state index in [9.17, 15) is 4.79 Å².